The zero-order valence-electron chi connectivity index (χ0n) is 8.37. The van der Waals surface area contributed by atoms with E-state index in [-0.39, 0.29) is 4.90 Å². The average Bonchev–Trinajstić information content (AvgIpc) is 2.39. The fraction of sp³-hybridized carbons (Fsp3) is 0.455. The Morgan fingerprint density at radius 2 is 1.67 bits per heavy atom. The molecule has 1 aliphatic rings. The predicted molar refractivity (Wildman–Crippen MR) is 60.7 cm³/mol. The molecule has 0 amide bonds. The molecule has 0 bridgehead atoms. The minimum absolute atomic E-state index is 0.227. The molecule has 1 aromatic carbocycles. The normalized spacial score (nSPS) is 16.9. The maximum absolute atomic E-state index is 11.2. The van der Waals surface area contributed by atoms with Crippen LogP contribution in [-0.4, -0.2) is 8.42 Å². The van der Waals surface area contributed by atoms with Crippen LogP contribution in [0.3, 0.4) is 0 Å². The SMILES string of the molecule is O=S(=O)(Cl)c1ccc2c(c1)CCCCC2. The summed E-state index contributed by atoms with van der Waals surface area (Å²) < 4.78 is 22.3. The van der Waals surface area contributed by atoms with Crippen molar-refractivity contribution in [1.82, 2.24) is 0 Å². The van der Waals surface area contributed by atoms with Gasteiger partial charge in [0.2, 0.25) is 0 Å². The van der Waals surface area contributed by atoms with Gasteiger partial charge in [-0.1, -0.05) is 12.5 Å². The van der Waals surface area contributed by atoms with Gasteiger partial charge in [0.25, 0.3) is 9.05 Å². The molecule has 0 spiro atoms. The highest BCUT2D eigenvalue weighted by Crippen LogP contribution is 2.24. The van der Waals surface area contributed by atoms with Gasteiger partial charge in [0.1, 0.15) is 0 Å². The molecule has 0 aromatic heterocycles. The van der Waals surface area contributed by atoms with Gasteiger partial charge in [-0.15, -0.1) is 0 Å². The molecule has 0 unspecified atom stereocenters. The van der Waals surface area contributed by atoms with E-state index in [1.807, 2.05) is 6.07 Å². The summed E-state index contributed by atoms with van der Waals surface area (Å²) in [6, 6.07) is 5.23. The zero-order valence-corrected chi connectivity index (χ0v) is 9.94. The summed E-state index contributed by atoms with van der Waals surface area (Å²) in [6.45, 7) is 0. The van der Waals surface area contributed by atoms with Crippen molar-refractivity contribution >= 4 is 19.7 Å². The lowest BCUT2D eigenvalue weighted by atomic mass is 10.0. The summed E-state index contributed by atoms with van der Waals surface area (Å²) in [5.74, 6) is 0. The number of benzene rings is 1. The van der Waals surface area contributed by atoms with Crippen LogP contribution in [0, 0.1) is 0 Å². The van der Waals surface area contributed by atoms with E-state index in [1.54, 1.807) is 12.1 Å². The molecule has 1 aliphatic carbocycles. The average molecular weight is 245 g/mol. The van der Waals surface area contributed by atoms with Gasteiger partial charge in [-0.2, -0.15) is 0 Å². The zero-order chi connectivity index (χ0) is 10.9. The van der Waals surface area contributed by atoms with Crippen molar-refractivity contribution < 1.29 is 8.42 Å². The van der Waals surface area contributed by atoms with Gasteiger partial charge in [0, 0.05) is 10.7 Å². The van der Waals surface area contributed by atoms with Crippen molar-refractivity contribution in [3.63, 3.8) is 0 Å². The van der Waals surface area contributed by atoms with Gasteiger partial charge in [-0.3, -0.25) is 0 Å². The molecule has 0 atom stereocenters. The molecule has 0 saturated heterocycles. The number of halogens is 1. The van der Waals surface area contributed by atoms with Crippen LogP contribution in [-0.2, 0) is 21.9 Å². The molecule has 2 nitrogen and oxygen atoms in total. The molecule has 0 aliphatic heterocycles. The Morgan fingerprint density at radius 1 is 1.00 bits per heavy atom. The summed E-state index contributed by atoms with van der Waals surface area (Å²) >= 11 is 0. The predicted octanol–water partition coefficient (Wildman–Crippen LogP) is 2.88. The lowest BCUT2D eigenvalue weighted by Crippen LogP contribution is -1.96. The Labute approximate surface area is 94.7 Å². The van der Waals surface area contributed by atoms with Crippen LogP contribution in [0.5, 0.6) is 0 Å². The van der Waals surface area contributed by atoms with Gasteiger partial charge < -0.3 is 0 Å². The van der Waals surface area contributed by atoms with Crippen LogP contribution in [0.2, 0.25) is 0 Å². The Hall–Kier alpha value is -0.540. The number of hydrogen-bond acceptors (Lipinski definition) is 2. The smallest absolute Gasteiger partial charge is 0.207 e. The highest BCUT2D eigenvalue weighted by molar-refractivity contribution is 8.13. The van der Waals surface area contributed by atoms with Gasteiger partial charge >= 0.3 is 0 Å². The minimum Gasteiger partial charge on any atom is -0.207 e. The summed E-state index contributed by atoms with van der Waals surface area (Å²) in [5, 5.41) is 0. The van der Waals surface area contributed by atoms with Crippen molar-refractivity contribution in [3.8, 4) is 0 Å². The summed E-state index contributed by atoms with van der Waals surface area (Å²) in [6.07, 6.45) is 5.57. The second-order valence-electron chi connectivity index (χ2n) is 3.93. The number of hydrogen-bond donors (Lipinski definition) is 0. The first-order valence-electron chi connectivity index (χ1n) is 5.14. The first-order chi connectivity index (χ1) is 7.07. The molecular weight excluding hydrogens is 232 g/mol. The third kappa shape index (κ3) is 2.52. The van der Waals surface area contributed by atoms with E-state index in [2.05, 4.69) is 0 Å². The highest BCUT2D eigenvalue weighted by Gasteiger charge is 2.14. The fourth-order valence-corrected chi connectivity index (χ4v) is 2.84. The molecule has 82 valence electrons. The first kappa shape index (κ1) is 11.0. The Morgan fingerprint density at radius 3 is 2.33 bits per heavy atom. The summed E-state index contributed by atoms with van der Waals surface area (Å²) in [5.41, 5.74) is 2.42. The monoisotopic (exact) mass is 244 g/mol. The van der Waals surface area contributed by atoms with Gasteiger partial charge in [-0.05, 0) is 48.9 Å². The van der Waals surface area contributed by atoms with E-state index in [0.717, 1.165) is 24.8 Å². The minimum atomic E-state index is -3.58. The second-order valence-corrected chi connectivity index (χ2v) is 6.49. The molecule has 0 N–H and O–H groups in total. The molecule has 2 rings (SSSR count). The quantitative estimate of drug-likeness (QED) is 0.562. The molecule has 0 heterocycles. The van der Waals surface area contributed by atoms with E-state index in [1.165, 1.54) is 18.4 Å². The van der Waals surface area contributed by atoms with Gasteiger partial charge in [-0.25, -0.2) is 8.42 Å². The van der Waals surface area contributed by atoms with Crippen LogP contribution in [0.15, 0.2) is 23.1 Å². The number of rotatable bonds is 1. The second kappa shape index (κ2) is 4.14. The van der Waals surface area contributed by atoms with E-state index < -0.39 is 9.05 Å². The van der Waals surface area contributed by atoms with Crippen LogP contribution < -0.4 is 0 Å². The molecular formula is C11H13ClO2S. The van der Waals surface area contributed by atoms with E-state index in [0.29, 0.717) is 0 Å². The number of aryl methyl sites for hydroxylation is 2. The fourth-order valence-electron chi connectivity index (χ4n) is 2.04. The number of fused-ring (bicyclic) bond motifs is 1. The first-order valence-corrected chi connectivity index (χ1v) is 7.45. The Kier molecular flexibility index (Phi) is 3.03. The lowest BCUT2D eigenvalue weighted by Gasteiger charge is -2.06. The molecule has 0 fully saturated rings. The molecule has 1 aromatic rings. The van der Waals surface area contributed by atoms with Gasteiger partial charge in [0.05, 0.1) is 4.90 Å². The van der Waals surface area contributed by atoms with Crippen LogP contribution in [0.1, 0.15) is 30.4 Å². The van der Waals surface area contributed by atoms with Crippen molar-refractivity contribution in [2.45, 2.75) is 37.0 Å². The highest BCUT2D eigenvalue weighted by atomic mass is 35.7. The summed E-state index contributed by atoms with van der Waals surface area (Å²) in [4.78, 5) is 0.227. The molecule has 0 radical (unpaired) electrons. The summed E-state index contributed by atoms with van der Waals surface area (Å²) in [7, 11) is 1.74. The lowest BCUT2D eigenvalue weighted by molar-refractivity contribution is 0.609. The molecule has 15 heavy (non-hydrogen) atoms. The van der Waals surface area contributed by atoms with Crippen molar-refractivity contribution in [2.24, 2.45) is 0 Å². The molecule has 4 heteroatoms. The van der Waals surface area contributed by atoms with Crippen LogP contribution in [0.25, 0.3) is 0 Å². The Bertz CT molecular complexity index is 465. The third-order valence-electron chi connectivity index (χ3n) is 2.85. The van der Waals surface area contributed by atoms with Crippen molar-refractivity contribution in [1.29, 1.82) is 0 Å². The third-order valence-corrected chi connectivity index (χ3v) is 4.20. The Balaban J connectivity index is 2.45. The van der Waals surface area contributed by atoms with Gasteiger partial charge in [0.15, 0.2) is 0 Å². The van der Waals surface area contributed by atoms with E-state index >= 15 is 0 Å². The van der Waals surface area contributed by atoms with E-state index in [4.69, 9.17) is 10.7 Å². The van der Waals surface area contributed by atoms with Crippen LogP contribution >= 0.6 is 10.7 Å². The maximum atomic E-state index is 11.2. The van der Waals surface area contributed by atoms with E-state index in [9.17, 15) is 8.42 Å². The van der Waals surface area contributed by atoms with Crippen molar-refractivity contribution in [2.75, 3.05) is 0 Å². The van der Waals surface area contributed by atoms with Crippen molar-refractivity contribution in [3.05, 3.63) is 29.3 Å². The standard InChI is InChI=1S/C11H13ClO2S/c12-15(13,14)11-7-6-9-4-2-1-3-5-10(9)8-11/h6-8H,1-5H2. The largest absolute Gasteiger partial charge is 0.261 e. The maximum Gasteiger partial charge on any atom is 0.261 e. The van der Waals surface area contributed by atoms with Crippen LogP contribution in [0.4, 0.5) is 0 Å². The molecule has 0 saturated carbocycles. The topological polar surface area (TPSA) is 34.1 Å².